The van der Waals surface area contributed by atoms with Crippen LogP contribution in [-0.4, -0.2) is 58.7 Å². The number of hydrogen-bond donors (Lipinski definition) is 0. The van der Waals surface area contributed by atoms with Crippen LogP contribution in [0.2, 0.25) is 0 Å². The Morgan fingerprint density at radius 2 is 1.73 bits per heavy atom. The number of fused-ring (bicyclic) bond motifs is 1. The first-order valence-electron chi connectivity index (χ1n) is 10.8. The number of carbonyl (C=O) groups excluding carboxylic acids is 4. The number of ether oxygens (including phenoxy) is 1. The number of nitrogens with zero attached hydrogens (tertiary/aromatic N) is 2. The second kappa shape index (κ2) is 9.41. The summed E-state index contributed by atoms with van der Waals surface area (Å²) >= 11 is 0. The normalized spacial score (nSPS) is 19.8. The first kappa shape index (κ1) is 22.0. The molecule has 0 unspecified atom stereocenters. The summed E-state index contributed by atoms with van der Waals surface area (Å²) in [6.07, 6.45) is 4.14. The summed E-state index contributed by atoms with van der Waals surface area (Å²) in [5, 5.41) is 0. The molecule has 1 fully saturated rings. The van der Waals surface area contributed by atoms with Crippen LogP contribution < -0.4 is 0 Å². The smallest absolute Gasteiger partial charge is 0.329 e. The second-order valence-corrected chi connectivity index (χ2v) is 8.42. The van der Waals surface area contributed by atoms with Crippen molar-refractivity contribution in [3.63, 3.8) is 0 Å². The highest BCUT2D eigenvalue weighted by Crippen LogP contribution is 2.27. The Kier molecular flexibility index (Phi) is 6.90. The van der Waals surface area contributed by atoms with Crippen LogP contribution in [-0.2, 0) is 14.3 Å². The van der Waals surface area contributed by atoms with Gasteiger partial charge in [0.05, 0.1) is 11.1 Å². The lowest BCUT2D eigenvalue weighted by Gasteiger charge is -2.35. The van der Waals surface area contributed by atoms with E-state index >= 15 is 0 Å². The maximum absolute atomic E-state index is 12.9. The van der Waals surface area contributed by atoms with Gasteiger partial charge in [0.2, 0.25) is 0 Å². The molecule has 2 aliphatic rings. The third-order valence-corrected chi connectivity index (χ3v) is 5.86. The zero-order valence-corrected chi connectivity index (χ0v) is 17.9. The molecule has 0 saturated carbocycles. The Bertz CT molecular complexity index is 800. The number of esters is 1. The second-order valence-electron chi connectivity index (χ2n) is 8.42. The van der Waals surface area contributed by atoms with E-state index in [1.807, 2.05) is 20.8 Å². The van der Waals surface area contributed by atoms with Gasteiger partial charge in [0, 0.05) is 12.6 Å². The van der Waals surface area contributed by atoms with Crippen molar-refractivity contribution in [2.45, 2.75) is 65.0 Å². The van der Waals surface area contributed by atoms with Gasteiger partial charge in [-0.3, -0.25) is 19.3 Å². The average molecular weight is 415 g/mol. The van der Waals surface area contributed by atoms with Crippen molar-refractivity contribution in [1.29, 1.82) is 0 Å². The molecule has 7 heteroatoms. The zero-order chi connectivity index (χ0) is 21.8. The predicted molar refractivity (Wildman–Crippen MR) is 111 cm³/mol. The molecule has 162 valence electrons. The fourth-order valence-corrected chi connectivity index (χ4v) is 4.31. The quantitative estimate of drug-likeness (QED) is 0.506. The molecule has 0 radical (unpaired) electrons. The molecular formula is C23H30N2O5. The standard InChI is InChI=1S/C23H30N2O5/c1-4-16-9-7-8-12-24(16)20(26)14-30-23(29)19(13-15(2)3)25-21(27)17-10-5-6-11-18(17)22(25)28/h5-6,10-11,15-16,19H,4,7-9,12-14H2,1-3H3/t16-,19-/m1/s1. The Balaban J connectivity index is 1.71. The number of carbonyl (C=O) groups is 4. The van der Waals surface area contributed by atoms with Crippen molar-refractivity contribution in [1.82, 2.24) is 9.80 Å². The summed E-state index contributed by atoms with van der Waals surface area (Å²) in [5.74, 6) is -1.87. The lowest BCUT2D eigenvalue weighted by molar-refractivity contribution is -0.157. The van der Waals surface area contributed by atoms with Gasteiger partial charge in [-0.15, -0.1) is 0 Å². The van der Waals surface area contributed by atoms with Gasteiger partial charge in [0.25, 0.3) is 17.7 Å². The van der Waals surface area contributed by atoms with Crippen LogP contribution in [0.15, 0.2) is 24.3 Å². The van der Waals surface area contributed by atoms with Gasteiger partial charge in [0.15, 0.2) is 6.61 Å². The van der Waals surface area contributed by atoms with E-state index in [1.165, 1.54) is 0 Å². The Morgan fingerprint density at radius 1 is 1.10 bits per heavy atom. The summed E-state index contributed by atoms with van der Waals surface area (Å²) in [6.45, 7) is 6.16. The average Bonchev–Trinajstić information content (AvgIpc) is 3.00. The van der Waals surface area contributed by atoms with Gasteiger partial charge in [0.1, 0.15) is 6.04 Å². The molecule has 1 saturated heterocycles. The third kappa shape index (κ3) is 4.40. The molecule has 3 rings (SSSR count). The monoisotopic (exact) mass is 414 g/mol. The first-order valence-corrected chi connectivity index (χ1v) is 10.8. The van der Waals surface area contributed by atoms with Crippen LogP contribution in [0, 0.1) is 5.92 Å². The van der Waals surface area contributed by atoms with Crippen LogP contribution in [0.1, 0.15) is 73.6 Å². The summed E-state index contributed by atoms with van der Waals surface area (Å²) < 4.78 is 5.34. The molecule has 0 bridgehead atoms. The number of benzene rings is 1. The number of hydrogen-bond acceptors (Lipinski definition) is 5. The number of imide groups is 1. The molecule has 7 nitrogen and oxygen atoms in total. The number of piperidine rings is 1. The molecule has 1 aromatic carbocycles. The van der Waals surface area contributed by atoms with Crippen molar-refractivity contribution in [2.75, 3.05) is 13.2 Å². The van der Waals surface area contributed by atoms with Crippen LogP contribution >= 0.6 is 0 Å². The maximum atomic E-state index is 12.9. The van der Waals surface area contributed by atoms with Gasteiger partial charge >= 0.3 is 5.97 Å². The van der Waals surface area contributed by atoms with Crippen LogP contribution in [0.25, 0.3) is 0 Å². The van der Waals surface area contributed by atoms with E-state index in [4.69, 9.17) is 4.74 Å². The van der Waals surface area contributed by atoms with Gasteiger partial charge in [-0.25, -0.2) is 4.79 Å². The molecule has 0 aliphatic carbocycles. The van der Waals surface area contributed by atoms with Crippen LogP contribution in [0.5, 0.6) is 0 Å². The third-order valence-electron chi connectivity index (χ3n) is 5.86. The topological polar surface area (TPSA) is 84.0 Å². The SMILES string of the molecule is CC[C@@H]1CCCCN1C(=O)COC(=O)[C@@H](CC(C)C)N1C(=O)c2ccccc2C1=O. The lowest BCUT2D eigenvalue weighted by Crippen LogP contribution is -2.48. The molecule has 3 amide bonds. The fraction of sp³-hybridized carbons (Fsp3) is 0.565. The van der Waals surface area contributed by atoms with Crippen molar-refractivity contribution >= 4 is 23.7 Å². The molecule has 30 heavy (non-hydrogen) atoms. The number of rotatable bonds is 7. The van der Waals surface area contributed by atoms with Crippen molar-refractivity contribution in [3.05, 3.63) is 35.4 Å². The molecule has 0 aromatic heterocycles. The number of likely N-dealkylation sites (tertiary alicyclic amines) is 1. The Morgan fingerprint density at radius 3 is 2.30 bits per heavy atom. The summed E-state index contributed by atoms with van der Waals surface area (Å²) in [7, 11) is 0. The minimum atomic E-state index is -1.05. The molecular weight excluding hydrogens is 384 g/mol. The number of amides is 3. The van der Waals surface area contributed by atoms with Crippen LogP contribution in [0.3, 0.4) is 0 Å². The predicted octanol–water partition coefficient (Wildman–Crippen LogP) is 3.03. The molecule has 0 spiro atoms. The van der Waals surface area contributed by atoms with E-state index in [1.54, 1.807) is 29.2 Å². The van der Waals surface area contributed by atoms with E-state index < -0.39 is 23.8 Å². The van der Waals surface area contributed by atoms with E-state index in [0.29, 0.717) is 17.7 Å². The Labute approximate surface area is 177 Å². The van der Waals surface area contributed by atoms with E-state index in [9.17, 15) is 19.2 Å². The minimum absolute atomic E-state index is 0.0501. The molecule has 2 atom stereocenters. The van der Waals surface area contributed by atoms with Crippen molar-refractivity contribution in [3.8, 4) is 0 Å². The molecule has 2 aliphatic heterocycles. The lowest BCUT2D eigenvalue weighted by atomic mass is 10.00. The molecule has 0 N–H and O–H groups in total. The van der Waals surface area contributed by atoms with E-state index in [0.717, 1.165) is 30.6 Å². The van der Waals surface area contributed by atoms with E-state index in [2.05, 4.69) is 0 Å². The van der Waals surface area contributed by atoms with Crippen molar-refractivity contribution < 1.29 is 23.9 Å². The van der Waals surface area contributed by atoms with Gasteiger partial charge < -0.3 is 9.64 Å². The first-order chi connectivity index (χ1) is 14.3. The van der Waals surface area contributed by atoms with Gasteiger partial charge in [-0.05, 0) is 50.2 Å². The maximum Gasteiger partial charge on any atom is 0.329 e. The largest absolute Gasteiger partial charge is 0.454 e. The zero-order valence-electron chi connectivity index (χ0n) is 17.9. The highest BCUT2D eigenvalue weighted by atomic mass is 16.5. The van der Waals surface area contributed by atoms with Gasteiger partial charge in [-0.1, -0.05) is 32.9 Å². The highest BCUT2D eigenvalue weighted by molar-refractivity contribution is 6.22. The van der Waals surface area contributed by atoms with Crippen molar-refractivity contribution in [2.24, 2.45) is 5.92 Å². The summed E-state index contributed by atoms with van der Waals surface area (Å²) in [6, 6.07) is 5.66. The summed E-state index contributed by atoms with van der Waals surface area (Å²) in [4.78, 5) is 54.0. The molecule has 2 heterocycles. The molecule has 1 aromatic rings. The van der Waals surface area contributed by atoms with Gasteiger partial charge in [-0.2, -0.15) is 0 Å². The van der Waals surface area contributed by atoms with Crippen LogP contribution in [0.4, 0.5) is 0 Å². The Hall–Kier alpha value is -2.70. The fourth-order valence-electron chi connectivity index (χ4n) is 4.31. The van der Waals surface area contributed by atoms with E-state index in [-0.39, 0.29) is 30.9 Å². The highest BCUT2D eigenvalue weighted by Gasteiger charge is 2.43. The minimum Gasteiger partial charge on any atom is -0.454 e. The summed E-state index contributed by atoms with van der Waals surface area (Å²) in [5.41, 5.74) is 0.582.